The summed E-state index contributed by atoms with van der Waals surface area (Å²) in [4.78, 5) is 10.5. The van der Waals surface area contributed by atoms with Crippen molar-refractivity contribution < 1.29 is 19.4 Å². The number of allylic oxidation sites excluding steroid dienone is 1. The van der Waals surface area contributed by atoms with Crippen molar-refractivity contribution in [2.24, 2.45) is 0 Å². The van der Waals surface area contributed by atoms with Gasteiger partial charge in [0, 0.05) is 17.7 Å². The smallest absolute Gasteiger partial charge is 0.328 e. The minimum atomic E-state index is -0.994. The zero-order chi connectivity index (χ0) is 14.3. The number of benzene rings is 1. The third-order valence-corrected chi connectivity index (χ3v) is 2.36. The van der Waals surface area contributed by atoms with Crippen LogP contribution in [0.5, 0.6) is 11.5 Å². The van der Waals surface area contributed by atoms with Crippen LogP contribution >= 0.6 is 0 Å². The Balaban J connectivity index is 2.95. The molecule has 0 aliphatic rings. The number of carboxylic acid groups (broad SMARTS) is 1. The molecule has 0 radical (unpaired) electrons. The molecule has 102 valence electrons. The van der Waals surface area contributed by atoms with Crippen LogP contribution in [0.4, 0.5) is 0 Å². The molecule has 4 heteroatoms. The van der Waals surface area contributed by atoms with Crippen LogP contribution in [0.1, 0.15) is 19.4 Å². The van der Waals surface area contributed by atoms with Gasteiger partial charge in [-0.05, 0) is 38.1 Å². The molecule has 19 heavy (non-hydrogen) atoms. The molecule has 1 N–H and O–H groups in total. The second-order valence-corrected chi connectivity index (χ2v) is 4.17. The van der Waals surface area contributed by atoms with Crippen LogP contribution in [0.15, 0.2) is 35.9 Å². The van der Waals surface area contributed by atoms with Gasteiger partial charge in [-0.25, -0.2) is 4.79 Å². The largest absolute Gasteiger partial charge is 0.497 e. The molecule has 0 bridgehead atoms. The summed E-state index contributed by atoms with van der Waals surface area (Å²) < 4.78 is 10.7. The highest BCUT2D eigenvalue weighted by Crippen LogP contribution is 2.26. The van der Waals surface area contributed by atoms with E-state index in [9.17, 15) is 4.79 Å². The SMILES string of the molecule is COc1ccc(C=CC(=O)O)c(OCC=C(C)C)c1. The van der Waals surface area contributed by atoms with Crippen molar-refractivity contribution in [3.8, 4) is 11.5 Å². The lowest BCUT2D eigenvalue weighted by Crippen LogP contribution is -1.97. The standard InChI is InChI=1S/C15H18O4/c1-11(2)8-9-19-14-10-13(18-3)6-4-12(14)5-7-15(16)17/h4-8,10H,9H2,1-3H3,(H,16,17). The van der Waals surface area contributed by atoms with Gasteiger partial charge in [-0.3, -0.25) is 0 Å². The molecule has 4 nitrogen and oxygen atoms in total. The van der Waals surface area contributed by atoms with Crippen molar-refractivity contribution >= 4 is 12.0 Å². The average Bonchev–Trinajstić information content (AvgIpc) is 2.36. The molecule has 0 aliphatic carbocycles. The summed E-state index contributed by atoms with van der Waals surface area (Å²) in [6.45, 7) is 4.41. The fraction of sp³-hybridized carbons (Fsp3) is 0.267. The topological polar surface area (TPSA) is 55.8 Å². The molecule has 0 fully saturated rings. The van der Waals surface area contributed by atoms with E-state index in [0.29, 0.717) is 23.7 Å². The van der Waals surface area contributed by atoms with Gasteiger partial charge in [-0.1, -0.05) is 5.57 Å². The molecule has 0 heterocycles. The Hall–Kier alpha value is -2.23. The van der Waals surface area contributed by atoms with Crippen molar-refractivity contribution in [2.45, 2.75) is 13.8 Å². The van der Waals surface area contributed by atoms with E-state index in [1.165, 1.54) is 6.08 Å². The second-order valence-electron chi connectivity index (χ2n) is 4.17. The minimum Gasteiger partial charge on any atom is -0.497 e. The van der Waals surface area contributed by atoms with Gasteiger partial charge in [0.05, 0.1) is 7.11 Å². The number of ether oxygens (including phenoxy) is 2. The zero-order valence-electron chi connectivity index (χ0n) is 11.3. The molecule has 1 rings (SSSR count). The van der Waals surface area contributed by atoms with Crippen LogP contribution < -0.4 is 9.47 Å². The second kappa shape index (κ2) is 7.26. The van der Waals surface area contributed by atoms with E-state index in [0.717, 1.165) is 11.6 Å². The molecule has 0 atom stereocenters. The number of aliphatic carboxylic acids is 1. The van der Waals surface area contributed by atoms with E-state index in [4.69, 9.17) is 14.6 Å². The lowest BCUT2D eigenvalue weighted by Gasteiger charge is -2.09. The molecule has 0 unspecified atom stereocenters. The van der Waals surface area contributed by atoms with Crippen LogP contribution in [0.3, 0.4) is 0 Å². The van der Waals surface area contributed by atoms with E-state index >= 15 is 0 Å². The Morgan fingerprint density at radius 2 is 2.11 bits per heavy atom. The molecule has 0 saturated heterocycles. The van der Waals surface area contributed by atoms with Gasteiger partial charge >= 0.3 is 5.97 Å². The molecular weight excluding hydrogens is 244 g/mol. The zero-order valence-corrected chi connectivity index (χ0v) is 11.3. The number of hydrogen-bond donors (Lipinski definition) is 1. The Morgan fingerprint density at radius 1 is 1.37 bits per heavy atom. The summed E-state index contributed by atoms with van der Waals surface area (Å²) in [5, 5.41) is 8.65. The van der Waals surface area contributed by atoms with Gasteiger partial charge in [-0.15, -0.1) is 0 Å². The van der Waals surface area contributed by atoms with Crippen LogP contribution in [-0.4, -0.2) is 24.8 Å². The lowest BCUT2D eigenvalue weighted by molar-refractivity contribution is -0.131. The van der Waals surface area contributed by atoms with Crippen LogP contribution in [0.25, 0.3) is 6.08 Å². The Bertz CT molecular complexity index is 497. The Labute approximate surface area is 113 Å². The monoisotopic (exact) mass is 262 g/mol. The predicted molar refractivity (Wildman–Crippen MR) is 74.6 cm³/mol. The number of carboxylic acids is 1. The summed E-state index contributed by atoms with van der Waals surface area (Å²) in [5.41, 5.74) is 1.86. The highest BCUT2D eigenvalue weighted by Gasteiger charge is 2.03. The van der Waals surface area contributed by atoms with E-state index < -0.39 is 5.97 Å². The van der Waals surface area contributed by atoms with Gasteiger partial charge in [0.1, 0.15) is 18.1 Å². The first-order valence-electron chi connectivity index (χ1n) is 5.88. The van der Waals surface area contributed by atoms with Crippen LogP contribution in [-0.2, 0) is 4.79 Å². The number of carbonyl (C=O) groups is 1. The van der Waals surface area contributed by atoms with Crippen molar-refractivity contribution in [2.75, 3.05) is 13.7 Å². The first-order valence-corrected chi connectivity index (χ1v) is 5.88. The van der Waals surface area contributed by atoms with Gasteiger partial charge in [-0.2, -0.15) is 0 Å². The number of rotatable bonds is 6. The summed E-state index contributed by atoms with van der Waals surface area (Å²) in [5.74, 6) is 0.264. The van der Waals surface area contributed by atoms with E-state index in [-0.39, 0.29) is 0 Å². The van der Waals surface area contributed by atoms with Crippen molar-refractivity contribution in [3.05, 3.63) is 41.5 Å². The molecule has 0 spiro atoms. The number of hydrogen-bond acceptors (Lipinski definition) is 3. The predicted octanol–water partition coefficient (Wildman–Crippen LogP) is 3.14. The van der Waals surface area contributed by atoms with Gasteiger partial charge < -0.3 is 14.6 Å². The molecule has 0 saturated carbocycles. The highest BCUT2D eigenvalue weighted by molar-refractivity contribution is 5.86. The van der Waals surface area contributed by atoms with Crippen molar-refractivity contribution in [1.82, 2.24) is 0 Å². The first kappa shape index (κ1) is 14.8. The lowest BCUT2D eigenvalue weighted by atomic mass is 10.1. The maximum atomic E-state index is 10.5. The summed E-state index contributed by atoms with van der Waals surface area (Å²) in [6.07, 6.45) is 4.53. The maximum Gasteiger partial charge on any atom is 0.328 e. The quantitative estimate of drug-likeness (QED) is 0.632. The van der Waals surface area contributed by atoms with Crippen LogP contribution in [0.2, 0.25) is 0 Å². The maximum absolute atomic E-state index is 10.5. The Morgan fingerprint density at radius 3 is 2.68 bits per heavy atom. The van der Waals surface area contributed by atoms with Gasteiger partial charge in [0.15, 0.2) is 0 Å². The molecular formula is C15H18O4. The van der Waals surface area contributed by atoms with Crippen LogP contribution in [0, 0.1) is 0 Å². The summed E-state index contributed by atoms with van der Waals surface area (Å²) in [7, 11) is 1.57. The molecule has 0 amide bonds. The molecule has 1 aromatic carbocycles. The van der Waals surface area contributed by atoms with E-state index in [1.54, 1.807) is 25.3 Å². The molecule has 0 aliphatic heterocycles. The third-order valence-electron chi connectivity index (χ3n) is 2.36. The summed E-state index contributed by atoms with van der Waals surface area (Å²) >= 11 is 0. The third kappa shape index (κ3) is 5.29. The molecule has 1 aromatic rings. The van der Waals surface area contributed by atoms with Gasteiger partial charge in [0.2, 0.25) is 0 Å². The first-order chi connectivity index (χ1) is 9.02. The highest BCUT2D eigenvalue weighted by atomic mass is 16.5. The molecule has 0 aromatic heterocycles. The average molecular weight is 262 g/mol. The summed E-state index contributed by atoms with van der Waals surface area (Å²) in [6, 6.07) is 5.26. The van der Waals surface area contributed by atoms with E-state index in [2.05, 4.69) is 0 Å². The normalized spacial score (nSPS) is 10.3. The van der Waals surface area contributed by atoms with Gasteiger partial charge in [0.25, 0.3) is 0 Å². The minimum absolute atomic E-state index is 0.434. The Kier molecular flexibility index (Phi) is 5.67. The fourth-order valence-electron chi connectivity index (χ4n) is 1.36. The number of methoxy groups -OCH3 is 1. The van der Waals surface area contributed by atoms with Crippen molar-refractivity contribution in [3.63, 3.8) is 0 Å². The fourth-order valence-corrected chi connectivity index (χ4v) is 1.36. The van der Waals surface area contributed by atoms with Crippen molar-refractivity contribution in [1.29, 1.82) is 0 Å². The van der Waals surface area contributed by atoms with E-state index in [1.807, 2.05) is 19.9 Å².